The van der Waals surface area contributed by atoms with Crippen LogP contribution < -0.4 is 0 Å². The maximum absolute atomic E-state index is 12.9. The van der Waals surface area contributed by atoms with Gasteiger partial charge in [-0.2, -0.15) is 65.9 Å². The highest BCUT2D eigenvalue weighted by Crippen LogP contribution is 2.62. The molecule has 0 radical (unpaired) electrons. The molecule has 0 spiro atoms. The van der Waals surface area contributed by atoms with E-state index in [1.165, 1.54) is 0 Å². The molecular weight excluding hydrogens is 436 g/mol. The number of rotatable bonds is 6. The van der Waals surface area contributed by atoms with Crippen molar-refractivity contribution in [2.75, 3.05) is 0 Å². The van der Waals surface area contributed by atoms with Crippen molar-refractivity contribution in [3.63, 3.8) is 0 Å². The van der Waals surface area contributed by atoms with Crippen molar-refractivity contribution in [1.82, 2.24) is 0 Å². The van der Waals surface area contributed by atoms with E-state index in [1.54, 1.807) is 0 Å². The summed E-state index contributed by atoms with van der Waals surface area (Å²) in [6.07, 6.45) is -7.68. The van der Waals surface area contributed by atoms with Gasteiger partial charge in [-0.05, 0) is 0 Å². The highest BCUT2D eigenvalue weighted by molar-refractivity contribution is 6.20. The van der Waals surface area contributed by atoms with Crippen molar-refractivity contribution in [2.45, 2.75) is 47.3 Å². The summed E-state index contributed by atoms with van der Waals surface area (Å²) in [6, 6.07) is 0. The summed E-state index contributed by atoms with van der Waals surface area (Å²) < 4.78 is 199. The zero-order chi connectivity index (χ0) is 21.1. The summed E-state index contributed by atoms with van der Waals surface area (Å²) in [6.45, 7) is 0. The van der Waals surface area contributed by atoms with E-state index in [2.05, 4.69) is 11.6 Å². The van der Waals surface area contributed by atoms with Gasteiger partial charge in [0.25, 0.3) is 0 Å². The normalized spacial score (nSPS) is 17.6. The molecule has 0 N–H and O–H groups in total. The van der Waals surface area contributed by atoms with Crippen LogP contribution in [-0.4, -0.2) is 47.3 Å². The molecule has 17 heteroatoms. The van der Waals surface area contributed by atoms with E-state index < -0.39 is 47.3 Å². The van der Waals surface area contributed by atoms with Gasteiger partial charge in [-0.25, -0.2) is 4.39 Å². The van der Waals surface area contributed by atoms with Gasteiger partial charge in [0.05, 0.1) is 0 Å². The standard InChI is InChI=1S/C8HClF16/c9-1(10)2(11,12)3(13,14)4(15,16)5(17,18)6(19,20)7(21,22)8(23,24)25/h1H. The first-order valence-electron chi connectivity index (χ1n) is 5.06. The van der Waals surface area contributed by atoms with Crippen LogP contribution in [0.25, 0.3) is 0 Å². The fourth-order valence-corrected chi connectivity index (χ4v) is 1.25. The third kappa shape index (κ3) is 2.97. The second-order valence-corrected chi connectivity index (χ2v) is 4.68. The lowest BCUT2D eigenvalue weighted by molar-refractivity contribution is -0.453. The van der Waals surface area contributed by atoms with E-state index in [4.69, 9.17) is 0 Å². The molecule has 0 aromatic rings. The van der Waals surface area contributed by atoms with Crippen molar-refractivity contribution < 1.29 is 70.2 Å². The Labute approximate surface area is 130 Å². The predicted molar refractivity (Wildman–Crippen MR) is 46.5 cm³/mol. The SMILES string of the molecule is FC(Cl)C(F)(F)C(F)(F)C(F)(F)C(F)(F)C(F)(F)C(F)(F)C(F)(F)F. The molecule has 0 nitrogen and oxygen atoms in total. The third-order valence-electron chi connectivity index (χ3n) is 2.63. The summed E-state index contributed by atoms with van der Waals surface area (Å²) in [5.74, 6) is -48.1. The number of halogens is 17. The molecular formula is C8HClF16. The van der Waals surface area contributed by atoms with Crippen LogP contribution in [0, 0.1) is 0 Å². The molecule has 0 saturated heterocycles. The average Bonchev–Trinajstić information content (AvgIpc) is 2.35. The van der Waals surface area contributed by atoms with E-state index in [0.29, 0.717) is 0 Å². The Bertz CT molecular complexity index is 487. The predicted octanol–water partition coefficient (Wildman–Crippen LogP) is 5.89. The zero-order valence-electron chi connectivity index (χ0n) is 10.5. The molecule has 0 aliphatic rings. The van der Waals surface area contributed by atoms with Crippen molar-refractivity contribution in [2.24, 2.45) is 0 Å². The summed E-state index contributed by atoms with van der Waals surface area (Å²) in [5, 5.41) is 0. The minimum Gasteiger partial charge on any atom is -0.223 e. The Kier molecular flexibility index (Phi) is 5.64. The van der Waals surface area contributed by atoms with Crippen molar-refractivity contribution in [1.29, 1.82) is 0 Å². The smallest absolute Gasteiger partial charge is 0.223 e. The fourth-order valence-electron chi connectivity index (χ4n) is 1.12. The van der Waals surface area contributed by atoms with E-state index in [-0.39, 0.29) is 0 Å². The van der Waals surface area contributed by atoms with E-state index in [9.17, 15) is 70.2 Å². The van der Waals surface area contributed by atoms with Gasteiger partial charge in [-0.1, -0.05) is 11.6 Å². The summed E-state index contributed by atoms with van der Waals surface area (Å²) in [5.41, 5.74) is -4.93. The Hall–Kier alpha value is -0.830. The number of alkyl halides is 17. The molecule has 0 amide bonds. The van der Waals surface area contributed by atoms with E-state index in [1.807, 2.05) is 0 Å². The van der Waals surface area contributed by atoms with Crippen LogP contribution in [0.3, 0.4) is 0 Å². The molecule has 0 aliphatic carbocycles. The number of hydrogen-bond donors (Lipinski definition) is 0. The van der Waals surface area contributed by atoms with Gasteiger partial charge >= 0.3 is 41.7 Å². The topological polar surface area (TPSA) is 0 Å². The lowest BCUT2D eigenvalue weighted by Crippen LogP contribution is -2.73. The van der Waals surface area contributed by atoms with Crippen LogP contribution >= 0.6 is 11.6 Å². The largest absolute Gasteiger partial charge is 0.460 e. The molecule has 0 saturated carbocycles. The Morgan fingerprint density at radius 1 is 0.440 bits per heavy atom. The molecule has 0 fully saturated rings. The lowest BCUT2D eigenvalue weighted by Gasteiger charge is -2.41. The summed E-state index contributed by atoms with van der Waals surface area (Å²) in [4.78, 5) is 0. The van der Waals surface area contributed by atoms with Crippen LogP contribution in [0.1, 0.15) is 0 Å². The van der Waals surface area contributed by atoms with E-state index in [0.717, 1.165) is 0 Å². The Morgan fingerprint density at radius 2 is 0.680 bits per heavy atom. The second kappa shape index (κ2) is 5.84. The maximum Gasteiger partial charge on any atom is 0.460 e. The molecule has 0 bridgehead atoms. The van der Waals surface area contributed by atoms with Gasteiger partial charge in [0, 0.05) is 0 Å². The highest BCUT2D eigenvalue weighted by atomic mass is 35.5. The van der Waals surface area contributed by atoms with Crippen molar-refractivity contribution in [3.05, 3.63) is 0 Å². The second-order valence-electron chi connectivity index (χ2n) is 4.29. The molecule has 0 rings (SSSR count). The van der Waals surface area contributed by atoms with Crippen LogP contribution in [-0.2, 0) is 0 Å². The van der Waals surface area contributed by atoms with Crippen LogP contribution in [0.15, 0.2) is 0 Å². The summed E-state index contributed by atoms with van der Waals surface area (Å²) >= 11 is 3.70. The quantitative estimate of drug-likeness (QED) is 0.360. The van der Waals surface area contributed by atoms with Gasteiger partial charge in [0.1, 0.15) is 0 Å². The molecule has 0 aromatic carbocycles. The minimum absolute atomic E-state index is 3.70. The number of hydrogen-bond acceptors (Lipinski definition) is 0. The fraction of sp³-hybridized carbons (Fsp3) is 1.00. The van der Waals surface area contributed by atoms with Crippen molar-refractivity contribution in [3.8, 4) is 0 Å². The minimum atomic E-state index is -8.43. The molecule has 0 aliphatic heterocycles. The van der Waals surface area contributed by atoms with Crippen molar-refractivity contribution >= 4 is 11.6 Å². The van der Waals surface area contributed by atoms with Crippen LogP contribution in [0.2, 0.25) is 0 Å². The lowest BCUT2D eigenvalue weighted by atomic mass is 9.91. The van der Waals surface area contributed by atoms with Gasteiger partial charge in [0.2, 0.25) is 5.63 Å². The monoisotopic (exact) mass is 436 g/mol. The average molecular weight is 437 g/mol. The zero-order valence-corrected chi connectivity index (χ0v) is 11.3. The first-order valence-corrected chi connectivity index (χ1v) is 5.50. The molecule has 25 heavy (non-hydrogen) atoms. The van der Waals surface area contributed by atoms with Crippen LogP contribution in [0.4, 0.5) is 70.2 Å². The van der Waals surface area contributed by atoms with Crippen LogP contribution in [0.5, 0.6) is 0 Å². The van der Waals surface area contributed by atoms with Gasteiger partial charge < -0.3 is 0 Å². The Balaban J connectivity index is 6.50. The highest BCUT2D eigenvalue weighted by Gasteiger charge is 2.93. The molecule has 1 unspecified atom stereocenters. The molecule has 0 heterocycles. The Morgan fingerprint density at radius 3 is 0.920 bits per heavy atom. The first kappa shape index (κ1) is 24.2. The molecule has 0 aromatic heterocycles. The molecule has 1 atom stereocenters. The van der Waals surface area contributed by atoms with Gasteiger partial charge in [-0.15, -0.1) is 0 Å². The van der Waals surface area contributed by atoms with Gasteiger partial charge in [0.15, 0.2) is 0 Å². The third-order valence-corrected chi connectivity index (χ3v) is 2.90. The maximum atomic E-state index is 12.9. The van der Waals surface area contributed by atoms with E-state index >= 15 is 0 Å². The summed E-state index contributed by atoms with van der Waals surface area (Å²) in [7, 11) is 0. The van der Waals surface area contributed by atoms with Gasteiger partial charge in [-0.3, -0.25) is 0 Å². The molecule has 152 valence electrons. The first-order chi connectivity index (χ1) is 10.4.